The number of benzene rings is 1. The van der Waals surface area contributed by atoms with Crippen molar-refractivity contribution < 1.29 is 19.0 Å². The molecule has 0 spiro atoms. The van der Waals surface area contributed by atoms with E-state index in [0.717, 1.165) is 0 Å². The number of ketones is 1. The van der Waals surface area contributed by atoms with Gasteiger partial charge in [-0.2, -0.15) is 0 Å². The van der Waals surface area contributed by atoms with Crippen LogP contribution < -0.4 is 14.2 Å². The van der Waals surface area contributed by atoms with Gasteiger partial charge in [0.15, 0.2) is 5.78 Å². The van der Waals surface area contributed by atoms with Crippen molar-refractivity contribution in [3.05, 3.63) is 47.8 Å². The van der Waals surface area contributed by atoms with Crippen LogP contribution in [0.1, 0.15) is 22.8 Å². The van der Waals surface area contributed by atoms with Crippen LogP contribution in [0.25, 0.3) is 0 Å². The first kappa shape index (κ1) is 14.8. The van der Waals surface area contributed by atoms with Crippen molar-refractivity contribution in [2.24, 2.45) is 0 Å². The van der Waals surface area contributed by atoms with Gasteiger partial charge in [0, 0.05) is 23.4 Å². The fourth-order valence-corrected chi connectivity index (χ4v) is 1.89. The first-order valence-electron chi connectivity index (χ1n) is 6.53. The molecule has 0 fully saturated rings. The molecule has 0 saturated carbocycles. The summed E-state index contributed by atoms with van der Waals surface area (Å²) in [5.74, 6) is 1.53. The van der Waals surface area contributed by atoms with Crippen molar-refractivity contribution in [2.45, 2.75) is 6.92 Å². The van der Waals surface area contributed by atoms with Crippen LogP contribution in [0.15, 0.2) is 36.7 Å². The molecule has 0 aliphatic heterocycles. The molecule has 0 saturated heterocycles. The zero-order valence-electron chi connectivity index (χ0n) is 12.3. The van der Waals surface area contributed by atoms with Crippen LogP contribution in [0.5, 0.6) is 17.2 Å². The molecule has 0 amide bonds. The molecule has 2 rings (SSSR count). The van der Waals surface area contributed by atoms with E-state index in [-0.39, 0.29) is 5.78 Å². The summed E-state index contributed by atoms with van der Waals surface area (Å²) < 4.78 is 15.7. The molecule has 5 heteroatoms. The van der Waals surface area contributed by atoms with E-state index in [4.69, 9.17) is 14.2 Å². The van der Waals surface area contributed by atoms with Gasteiger partial charge in [0.1, 0.15) is 17.2 Å². The third-order valence-electron chi connectivity index (χ3n) is 2.90. The second-order valence-corrected chi connectivity index (χ2v) is 4.27. The lowest BCUT2D eigenvalue weighted by Crippen LogP contribution is -2.04. The Morgan fingerprint density at radius 3 is 2.14 bits per heavy atom. The predicted octanol–water partition coefficient (Wildman–Crippen LogP) is 2.73. The molecule has 0 atom stereocenters. The highest BCUT2D eigenvalue weighted by atomic mass is 16.5. The monoisotopic (exact) mass is 287 g/mol. The molecule has 110 valence electrons. The fraction of sp³-hybridized carbons (Fsp3) is 0.250. The third-order valence-corrected chi connectivity index (χ3v) is 2.90. The van der Waals surface area contributed by atoms with Gasteiger partial charge >= 0.3 is 0 Å². The molecule has 0 N–H and O–H groups in total. The fourth-order valence-electron chi connectivity index (χ4n) is 1.89. The van der Waals surface area contributed by atoms with Gasteiger partial charge in [-0.3, -0.25) is 9.78 Å². The maximum atomic E-state index is 12.5. The SMILES string of the molecule is CCOc1cncc(C(=O)c2cc(OC)cc(OC)c2)c1. The number of nitrogens with zero attached hydrogens (tertiary/aromatic N) is 1. The number of carbonyl (C=O) groups is 1. The minimum atomic E-state index is -0.166. The Bertz CT molecular complexity index is 618. The highest BCUT2D eigenvalue weighted by molar-refractivity contribution is 6.09. The molecule has 0 unspecified atom stereocenters. The molecule has 1 aromatic heterocycles. The molecular weight excluding hydrogens is 270 g/mol. The van der Waals surface area contributed by atoms with Gasteiger partial charge in [-0.05, 0) is 25.1 Å². The number of methoxy groups -OCH3 is 2. The molecule has 5 nitrogen and oxygen atoms in total. The van der Waals surface area contributed by atoms with Crippen molar-refractivity contribution in [3.63, 3.8) is 0 Å². The molecule has 1 aromatic carbocycles. The van der Waals surface area contributed by atoms with Gasteiger partial charge in [0.25, 0.3) is 0 Å². The number of aromatic nitrogens is 1. The number of hydrogen-bond donors (Lipinski definition) is 0. The van der Waals surface area contributed by atoms with Gasteiger partial charge in [0.2, 0.25) is 0 Å². The van der Waals surface area contributed by atoms with Crippen LogP contribution in [0.2, 0.25) is 0 Å². The van der Waals surface area contributed by atoms with Crippen LogP contribution in [0, 0.1) is 0 Å². The second-order valence-electron chi connectivity index (χ2n) is 4.27. The number of rotatable bonds is 6. The van der Waals surface area contributed by atoms with Gasteiger partial charge < -0.3 is 14.2 Å². The molecule has 0 aliphatic rings. The Hall–Kier alpha value is -2.56. The topological polar surface area (TPSA) is 57.7 Å². The van der Waals surface area contributed by atoms with E-state index in [1.807, 2.05) is 6.92 Å². The van der Waals surface area contributed by atoms with E-state index >= 15 is 0 Å². The van der Waals surface area contributed by atoms with Crippen LogP contribution >= 0.6 is 0 Å². The predicted molar refractivity (Wildman–Crippen MR) is 78.4 cm³/mol. The summed E-state index contributed by atoms with van der Waals surface area (Å²) in [6, 6.07) is 6.72. The van der Waals surface area contributed by atoms with E-state index in [9.17, 15) is 4.79 Å². The van der Waals surface area contributed by atoms with Crippen molar-refractivity contribution in [1.82, 2.24) is 4.98 Å². The largest absolute Gasteiger partial charge is 0.497 e. The third kappa shape index (κ3) is 3.51. The van der Waals surface area contributed by atoms with Gasteiger partial charge in [-0.15, -0.1) is 0 Å². The Labute approximate surface area is 123 Å². The van der Waals surface area contributed by atoms with Crippen molar-refractivity contribution in [2.75, 3.05) is 20.8 Å². The quantitative estimate of drug-likeness (QED) is 0.765. The lowest BCUT2D eigenvalue weighted by atomic mass is 10.0. The van der Waals surface area contributed by atoms with Crippen LogP contribution in [0.4, 0.5) is 0 Å². The zero-order chi connectivity index (χ0) is 15.2. The average molecular weight is 287 g/mol. The van der Waals surface area contributed by atoms with E-state index in [1.165, 1.54) is 6.20 Å². The van der Waals surface area contributed by atoms with Gasteiger partial charge in [-0.25, -0.2) is 0 Å². The standard InChI is InChI=1S/C16H17NO4/c1-4-21-15-7-12(9-17-10-15)16(18)11-5-13(19-2)8-14(6-11)20-3/h5-10H,4H2,1-3H3. The van der Waals surface area contributed by atoms with Crippen LogP contribution in [-0.2, 0) is 0 Å². The maximum absolute atomic E-state index is 12.5. The Morgan fingerprint density at radius 2 is 1.57 bits per heavy atom. The summed E-state index contributed by atoms with van der Waals surface area (Å²) in [7, 11) is 3.08. The van der Waals surface area contributed by atoms with Gasteiger partial charge in [0.05, 0.1) is 27.0 Å². The zero-order valence-corrected chi connectivity index (χ0v) is 12.3. The number of hydrogen-bond acceptors (Lipinski definition) is 5. The summed E-state index contributed by atoms with van der Waals surface area (Å²) in [5.41, 5.74) is 0.929. The van der Waals surface area contributed by atoms with Crippen molar-refractivity contribution in [3.8, 4) is 17.2 Å². The first-order valence-corrected chi connectivity index (χ1v) is 6.53. The minimum absolute atomic E-state index is 0.166. The summed E-state index contributed by atoms with van der Waals surface area (Å²) in [6.07, 6.45) is 3.09. The summed E-state index contributed by atoms with van der Waals surface area (Å²) in [4.78, 5) is 16.6. The minimum Gasteiger partial charge on any atom is -0.497 e. The number of ether oxygens (including phenoxy) is 3. The lowest BCUT2D eigenvalue weighted by molar-refractivity contribution is 0.103. The molecule has 21 heavy (non-hydrogen) atoms. The average Bonchev–Trinajstić information content (AvgIpc) is 2.54. The first-order chi connectivity index (χ1) is 10.2. The Morgan fingerprint density at radius 1 is 0.952 bits per heavy atom. The highest BCUT2D eigenvalue weighted by Crippen LogP contribution is 2.24. The molecule has 2 aromatic rings. The van der Waals surface area contributed by atoms with E-state index in [1.54, 1.807) is 44.7 Å². The van der Waals surface area contributed by atoms with Crippen molar-refractivity contribution in [1.29, 1.82) is 0 Å². The lowest BCUT2D eigenvalue weighted by Gasteiger charge is -2.08. The van der Waals surface area contributed by atoms with Gasteiger partial charge in [-0.1, -0.05) is 0 Å². The summed E-state index contributed by atoms with van der Waals surface area (Å²) in [5, 5.41) is 0. The Balaban J connectivity index is 2.37. The second kappa shape index (κ2) is 6.74. The number of carbonyl (C=O) groups excluding carboxylic acids is 1. The molecule has 0 bridgehead atoms. The summed E-state index contributed by atoms with van der Waals surface area (Å²) in [6.45, 7) is 2.40. The normalized spacial score (nSPS) is 10.0. The highest BCUT2D eigenvalue weighted by Gasteiger charge is 2.13. The van der Waals surface area contributed by atoms with E-state index < -0.39 is 0 Å². The van der Waals surface area contributed by atoms with E-state index in [0.29, 0.717) is 35.0 Å². The molecule has 0 radical (unpaired) electrons. The summed E-state index contributed by atoms with van der Waals surface area (Å²) >= 11 is 0. The van der Waals surface area contributed by atoms with E-state index in [2.05, 4.69) is 4.98 Å². The molecular formula is C16H17NO4. The smallest absolute Gasteiger partial charge is 0.194 e. The van der Waals surface area contributed by atoms with Crippen LogP contribution in [-0.4, -0.2) is 31.6 Å². The Kier molecular flexibility index (Phi) is 4.77. The number of pyridine rings is 1. The maximum Gasteiger partial charge on any atom is 0.194 e. The van der Waals surface area contributed by atoms with Crippen LogP contribution in [0.3, 0.4) is 0 Å². The molecule has 0 aliphatic carbocycles. The molecule has 1 heterocycles. The van der Waals surface area contributed by atoms with Crippen molar-refractivity contribution >= 4 is 5.78 Å².